The minimum Gasteiger partial charge on any atom is -0.355 e. The zero-order valence-corrected chi connectivity index (χ0v) is 8.62. The number of likely N-dealkylation sites (N-methyl/N-ethyl adjacent to an activating group) is 1. The second-order valence-corrected chi connectivity index (χ2v) is 3.56. The van der Waals surface area contributed by atoms with Gasteiger partial charge in [-0.05, 0) is 32.7 Å². The van der Waals surface area contributed by atoms with Crippen LogP contribution in [0.5, 0.6) is 0 Å². The standard InChI is InChI=1S/C10H17N3O/c1-2-12-10(14)8-13-6-4-3-5-9(13)7-11/h9H,2-6,8H2,1H3,(H,12,14). The highest BCUT2D eigenvalue weighted by Crippen LogP contribution is 2.15. The summed E-state index contributed by atoms with van der Waals surface area (Å²) in [5.74, 6) is 0.0228. The van der Waals surface area contributed by atoms with E-state index in [4.69, 9.17) is 5.26 Å². The van der Waals surface area contributed by atoms with Gasteiger partial charge in [-0.3, -0.25) is 9.69 Å². The summed E-state index contributed by atoms with van der Waals surface area (Å²) < 4.78 is 0. The van der Waals surface area contributed by atoms with Crippen molar-refractivity contribution in [3.63, 3.8) is 0 Å². The molecule has 1 aliphatic heterocycles. The lowest BCUT2D eigenvalue weighted by Gasteiger charge is -2.30. The number of hydrogen-bond acceptors (Lipinski definition) is 3. The fraction of sp³-hybridized carbons (Fsp3) is 0.800. The van der Waals surface area contributed by atoms with Crippen LogP contribution in [0.1, 0.15) is 26.2 Å². The molecule has 78 valence electrons. The van der Waals surface area contributed by atoms with Crippen molar-refractivity contribution in [3.8, 4) is 6.07 Å². The number of nitriles is 1. The highest BCUT2D eigenvalue weighted by molar-refractivity contribution is 5.78. The molecule has 1 amide bonds. The fourth-order valence-corrected chi connectivity index (χ4v) is 1.76. The lowest BCUT2D eigenvalue weighted by molar-refractivity contribution is -0.122. The second-order valence-electron chi connectivity index (χ2n) is 3.56. The number of carbonyl (C=O) groups excluding carboxylic acids is 1. The lowest BCUT2D eigenvalue weighted by atomic mass is 10.0. The number of likely N-dealkylation sites (tertiary alicyclic amines) is 1. The summed E-state index contributed by atoms with van der Waals surface area (Å²) >= 11 is 0. The molecule has 0 spiro atoms. The first-order valence-electron chi connectivity index (χ1n) is 5.18. The summed E-state index contributed by atoms with van der Waals surface area (Å²) in [4.78, 5) is 13.3. The van der Waals surface area contributed by atoms with E-state index in [1.54, 1.807) is 0 Å². The maximum Gasteiger partial charge on any atom is 0.234 e. The predicted octanol–water partition coefficient (Wildman–Crippen LogP) is 0.501. The topological polar surface area (TPSA) is 56.1 Å². The van der Waals surface area contributed by atoms with Gasteiger partial charge in [-0.1, -0.05) is 0 Å². The zero-order valence-electron chi connectivity index (χ0n) is 8.62. The molecular weight excluding hydrogens is 178 g/mol. The van der Waals surface area contributed by atoms with Gasteiger partial charge in [0.1, 0.15) is 0 Å². The normalized spacial score (nSPS) is 22.7. The van der Waals surface area contributed by atoms with Crippen molar-refractivity contribution in [2.24, 2.45) is 0 Å². The van der Waals surface area contributed by atoms with Crippen molar-refractivity contribution in [2.75, 3.05) is 19.6 Å². The summed E-state index contributed by atoms with van der Waals surface area (Å²) in [6, 6.07) is 2.18. The van der Waals surface area contributed by atoms with Crippen LogP contribution in [-0.4, -0.2) is 36.5 Å². The van der Waals surface area contributed by atoms with Crippen LogP contribution in [0.3, 0.4) is 0 Å². The van der Waals surface area contributed by atoms with Gasteiger partial charge < -0.3 is 5.32 Å². The van der Waals surface area contributed by atoms with Crippen LogP contribution in [-0.2, 0) is 4.79 Å². The molecule has 4 heteroatoms. The molecule has 1 atom stereocenters. The molecule has 1 saturated heterocycles. The summed E-state index contributed by atoms with van der Waals surface area (Å²) in [6.45, 7) is 3.79. The van der Waals surface area contributed by atoms with Crippen molar-refractivity contribution in [1.82, 2.24) is 10.2 Å². The van der Waals surface area contributed by atoms with Gasteiger partial charge in [0.05, 0.1) is 18.7 Å². The maximum atomic E-state index is 11.3. The quantitative estimate of drug-likeness (QED) is 0.713. The molecule has 0 saturated carbocycles. The number of amides is 1. The van der Waals surface area contributed by atoms with Gasteiger partial charge in [-0.15, -0.1) is 0 Å². The molecule has 1 unspecified atom stereocenters. The lowest BCUT2D eigenvalue weighted by Crippen LogP contribution is -2.44. The first-order chi connectivity index (χ1) is 6.77. The molecule has 4 nitrogen and oxygen atoms in total. The van der Waals surface area contributed by atoms with E-state index in [9.17, 15) is 4.79 Å². The van der Waals surface area contributed by atoms with Crippen molar-refractivity contribution >= 4 is 5.91 Å². The van der Waals surface area contributed by atoms with Gasteiger partial charge in [-0.25, -0.2) is 0 Å². The molecule has 1 aliphatic rings. The summed E-state index contributed by atoms with van der Waals surface area (Å²) in [6.07, 6.45) is 3.09. The van der Waals surface area contributed by atoms with Crippen molar-refractivity contribution in [1.29, 1.82) is 5.26 Å². The van der Waals surface area contributed by atoms with E-state index in [1.807, 2.05) is 11.8 Å². The fourth-order valence-electron chi connectivity index (χ4n) is 1.76. The van der Waals surface area contributed by atoms with Crippen molar-refractivity contribution in [2.45, 2.75) is 32.2 Å². The van der Waals surface area contributed by atoms with Gasteiger partial charge >= 0.3 is 0 Å². The van der Waals surface area contributed by atoms with E-state index >= 15 is 0 Å². The van der Waals surface area contributed by atoms with Crippen LogP contribution in [0.4, 0.5) is 0 Å². The first-order valence-corrected chi connectivity index (χ1v) is 5.18. The minimum atomic E-state index is -0.0636. The molecular formula is C10H17N3O. The van der Waals surface area contributed by atoms with Crippen molar-refractivity contribution in [3.05, 3.63) is 0 Å². The highest BCUT2D eigenvalue weighted by Gasteiger charge is 2.23. The molecule has 14 heavy (non-hydrogen) atoms. The minimum absolute atomic E-state index is 0.0228. The van der Waals surface area contributed by atoms with E-state index in [2.05, 4.69) is 11.4 Å². The average Bonchev–Trinajstić information content (AvgIpc) is 2.19. The molecule has 1 fully saturated rings. The Kier molecular flexibility index (Phi) is 4.41. The van der Waals surface area contributed by atoms with Crippen LogP contribution in [0.15, 0.2) is 0 Å². The van der Waals surface area contributed by atoms with Crippen LogP contribution in [0.2, 0.25) is 0 Å². The monoisotopic (exact) mass is 195 g/mol. The Labute approximate surface area is 84.9 Å². The Balaban J connectivity index is 2.41. The van der Waals surface area contributed by atoms with Crippen molar-refractivity contribution < 1.29 is 4.79 Å². The van der Waals surface area contributed by atoms with E-state index in [0.717, 1.165) is 25.8 Å². The number of piperidine rings is 1. The summed E-state index contributed by atoms with van der Waals surface area (Å²) in [5.41, 5.74) is 0. The number of nitrogens with one attached hydrogen (secondary N) is 1. The predicted molar refractivity (Wildman–Crippen MR) is 53.5 cm³/mol. The van der Waals surface area contributed by atoms with Crippen LogP contribution < -0.4 is 5.32 Å². The molecule has 0 aromatic rings. The van der Waals surface area contributed by atoms with Gasteiger partial charge in [0.15, 0.2) is 0 Å². The second kappa shape index (κ2) is 5.61. The molecule has 1 rings (SSSR count). The van der Waals surface area contributed by atoms with E-state index in [0.29, 0.717) is 13.1 Å². The van der Waals surface area contributed by atoms with E-state index in [1.165, 1.54) is 0 Å². The van der Waals surface area contributed by atoms with Crippen LogP contribution >= 0.6 is 0 Å². The molecule has 0 aromatic carbocycles. The number of carbonyl (C=O) groups is 1. The maximum absolute atomic E-state index is 11.3. The van der Waals surface area contributed by atoms with E-state index in [-0.39, 0.29) is 11.9 Å². The van der Waals surface area contributed by atoms with E-state index < -0.39 is 0 Å². The average molecular weight is 195 g/mol. The van der Waals surface area contributed by atoms with Gasteiger partial charge in [-0.2, -0.15) is 5.26 Å². The molecule has 0 radical (unpaired) electrons. The number of nitrogens with zero attached hydrogens (tertiary/aromatic N) is 2. The summed E-state index contributed by atoms with van der Waals surface area (Å²) in [5, 5.41) is 11.6. The van der Waals surface area contributed by atoms with Crippen LogP contribution in [0, 0.1) is 11.3 Å². The van der Waals surface area contributed by atoms with Gasteiger partial charge in [0.2, 0.25) is 5.91 Å². The highest BCUT2D eigenvalue weighted by atomic mass is 16.2. The number of rotatable bonds is 3. The van der Waals surface area contributed by atoms with Gasteiger partial charge in [0.25, 0.3) is 0 Å². The summed E-state index contributed by atoms with van der Waals surface area (Å²) in [7, 11) is 0. The first kappa shape index (κ1) is 11.0. The Morgan fingerprint density at radius 3 is 3.07 bits per heavy atom. The smallest absolute Gasteiger partial charge is 0.234 e. The third kappa shape index (κ3) is 3.00. The Morgan fingerprint density at radius 2 is 2.43 bits per heavy atom. The molecule has 1 N–H and O–H groups in total. The Hall–Kier alpha value is -1.08. The molecule has 0 aliphatic carbocycles. The third-order valence-corrected chi connectivity index (χ3v) is 2.48. The largest absolute Gasteiger partial charge is 0.355 e. The molecule has 0 bridgehead atoms. The van der Waals surface area contributed by atoms with Gasteiger partial charge in [0, 0.05) is 6.54 Å². The van der Waals surface area contributed by atoms with Crippen LogP contribution in [0.25, 0.3) is 0 Å². The molecule has 0 aromatic heterocycles. The molecule has 1 heterocycles. The Morgan fingerprint density at radius 1 is 1.64 bits per heavy atom. The SMILES string of the molecule is CCNC(=O)CN1CCCCC1C#N. The Bertz CT molecular complexity index is 234. The number of hydrogen-bond donors (Lipinski definition) is 1. The zero-order chi connectivity index (χ0) is 10.4. The third-order valence-electron chi connectivity index (χ3n) is 2.48.